The third kappa shape index (κ3) is 6.14. The molecule has 0 spiro atoms. The number of rotatable bonds is 8. The van der Waals surface area contributed by atoms with Crippen LogP contribution in [-0.4, -0.2) is 25.7 Å². The average Bonchev–Trinajstić information content (AvgIpc) is 2.57. The average molecular weight is 341 g/mol. The smallest absolute Gasteiger partial charge is 0.260 e. The van der Waals surface area contributed by atoms with Crippen molar-refractivity contribution in [3.8, 4) is 11.5 Å². The van der Waals surface area contributed by atoms with Crippen molar-refractivity contribution in [2.75, 3.05) is 13.7 Å². The van der Waals surface area contributed by atoms with Crippen molar-refractivity contribution in [3.05, 3.63) is 59.2 Å². The van der Waals surface area contributed by atoms with E-state index in [0.29, 0.717) is 6.54 Å². The molecule has 0 heterocycles. The second-order valence-corrected chi connectivity index (χ2v) is 6.33. The zero-order chi connectivity index (χ0) is 18.2. The maximum Gasteiger partial charge on any atom is 0.260 e. The molecule has 0 saturated heterocycles. The first kappa shape index (κ1) is 18.8. The van der Waals surface area contributed by atoms with Crippen LogP contribution in [-0.2, 0) is 11.2 Å². The third-order valence-electron chi connectivity index (χ3n) is 3.95. The van der Waals surface area contributed by atoms with Gasteiger partial charge in [0.15, 0.2) is 6.10 Å². The number of aryl methyl sites for hydroxylation is 3. The molecule has 134 valence electrons. The van der Waals surface area contributed by atoms with Gasteiger partial charge < -0.3 is 14.8 Å². The molecule has 0 fully saturated rings. The van der Waals surface area contributed by atoms with E-state index in [0.717, 1.165) is 35.5 Å². The Morgan fingerprint density at radius 3 is 2.48 bits per heavy atom. The van der Waals surface area contributed by atoms with E-state index in [9.17, 15) is 4.79 Å². The predicted molar refractivity (Wildman–Crippen MR) is 100 cm³/mol. The Morgan fingerprint density at radius 2 is 1.80 bits per heavy atom. The first-order valence-electron chi connectivity index (χ1n) is 8.63. The van der Waals surface area contributed by atoms with Crippen LogP contribution in [0.2, 0.25) is 0 Å². The molecular weight excluding hydrogens is 314 g/mol. The fourth-order valence-electron chi connectivity index (χ4n) is 2.73. The van der Waals surface area contributed by atoms with Crippen LogP contribution in [0.3, 0.4) is 0 Å². The number of hydrogen-bond acceptors (Lipinski definition) is 3. The van der Waals surface area contributed by atoms with Gasteiger partial charge in [0.2, 0.25) is 0 Å². The van der Waals surface area contributed by atoms with Gasteiger partial charge in [0, 0.05) is 6.54 Å². The summed E-state index contributed by atoms with van der Waals surface area (Å²) in [4.78, 5) is 12.2. The minimum atomic E-state index is -0.516. The largest absolute Gasteiger partial charge is 0.497 e. The zero-order valence-electron chi connectivity index (χ0n) is 15.5. The Morgan fingerprint density at radius 1 is 1.08 bits per heavy atom. The third-order valence-corrected chi connectivity index (χ3v) is 3.95. The van der Waals surface area contributed by atoms with Gasteiger partial charge in [-0.2, -0.15) is 0 Å². The molecule has 1 atom stereocenters. The summed E-state index contributed by atoms with van der Waals surface area (Å²) in [5, 5.41) is 2.94. The number of methoxy groups -OCH3 is 1. The van der Waals surface area contributed by atoms with E-state index in [2.05, 4.69) is 17.4 Å². The molecule has 0 aromatic heterocycles. The number of carbonyl (C=O) groups excluding carboxylic acids is 1. The minimum absolute atomic E-state index is 0.0928. The van der Waals surface area contributed by atoms with E-state index in [1.807, 2.05) is 44.2 Å². The summed E-state index contributed by atoms with van der Waals surface area (Å²) in [7, 11) is 1.66. The molecule has 1 unspecified atom stereocenters. The summed E-state index contributed by atoms with van der Waals surface area (Å²) >= 11 is 0. The second kappa shape index (κ2) is 9.11. The fourth-order valence-corrected chi connectivity index (χ4v) is 2.73. The summed E-state index contributed by atoms with van der Waals surface area (Å²) in [6.07, 6.45) is 1.25. The maximum atomic E-state index is 12.2. The van der Waals surface area contributed by atoms with Crippen LogP contribution in [0, 0.1) is 13.8 Å². The van der Waals surface area contributed by atoms with E-state index < -0.39 is 6.10 Å². The van der Waals surface area contributed by atoms with Crippen molar-refractivity contribution in [2.45, 2.75) is 39.7 Å². The normalized spacial score (nSPS) is 11.7. The number of hydrogen-bond donors (Lipinski definition) is 1. The summed E-state index contributed by atoms with van der Waals surface area (Å²) in [6, 6.07) is 14.0. The highest BCUT2D eigenvalue weighted by Crippen LogP contribution is 2.17. The fraction of sp³-hybridized carbons (Fsp3) is 0.381. The molecule has 0 bridgehead atoms. The SMILES string of the molecule is COc1cccc(CCCNC(=O)C(C)Oc2cc(C)cc(C)c2)c1. The monoisotopic (exact) mass is 341 g/mol. The number of nitrogens with one attached hydrogen (secondary N) is 1. The van der Waals surface area contributed by atoms with E-state index in [-0.39, 0.29) is 5.91 Å². The van der Waals surface area contributed by atoms with Crippen molar-refractivity contribution in [3.63, 3.8) is 0 Å². The van der Waals surface area contributed by atoms with Crippen LogP contribution >= 0.6 is 0 Å². The predicted octanol–water partition coefficient (Wildman–Crippen LogP) is 3.83. The molecule has 2 aromatic rings. The summed E-state index contributed by atoms with van der Waals surface area (Å²) in [6.45, 7) is 6.43. The lowest BCUT2D eigenvalue weighted by molar-refractivity contribution is -0.127. The highest BCUT2D eigenvalue weighted by molar-refractivity contribution is 5.80. The van der Waals surface area contributed by atoms with Crippen LogP contribution in [0.5, 0.6) is 11.5 Å². The van der Waals surface area contributed by atoms with E-state index in [4.69, 9.17) is 9.47 Å². The molecular formula is C21H27NO3. The maximum absolute atomic E-state index is 12.2. The minimum Gasteiger partial charge on any atom is -0.497 e. The topological polar surface area (TPSA) is 47.6 Å². The van der Waals surface area contributed by atoms with Crippen molar-refractivity contribution < 1.29 is 14.3 Å². The van der Waals surface area contributed by atoms with Gasteiger partial charge in [-0.15, -0.1) is 0 Å². The van der Waals surface area contributed by atoms with Crippen molar-refractivity contribution >= 4 is 5.91 Å². The standard InChI is InChI=1S/C21H27NO3/c1-15-11-16(2)13-20(12-15)25-17(3)21(23)22-10-6-8-18-7-5-9-19(14-18)24-4/h5,7,9,11-14,17H,6,8,10H2,1-4H3,(H,22,23). The molecule has 1 N–H and O–H groups in total. The van der Waals surface area contributed by atoms with E-state index >= 15 is 0 Å². The molecule has 25 heavy (non-hydrogen) atoms. The van der Waals surface area contributed by atoms with Crippen LogP contribution in [0.25, 0.3) is 0 Å². The van der Waals surface area contributed by atoms with Gasteiger partial charge in [0.05, 0.1) is 7.11 Å². The molecule has 2 rings (SSSR count). The van der Waals surface area contributed by atoms with Gasteiger partial charge in [0.25, 0.3) is 5.91 Å². The molecule has 0 saturated carbocycles. The van der Waals surface area contributed by atoms with Crippen molar-refractivity contribution in [2.24, 2.45) is 0 Å². The summed E-state index contributed by atoms with van der Waals surface area (Å²) in [5.41, 5.74) is 3.45. The van der Waals surface area contributed by atoms with Gasteiger partial charge in [-0.05, 0) is 74.6 Å². The lowest BCUT2D eigenvalue weighted by Gasteiger charge is -2.15. The number of ether oxygens (including phenoxy) is 2. The highest BCUT2D eigenvalue weighted by Gasteiger charge is 2.14. The summed E-state index contributed by atoms with van der Waals surface area (Å²) < 4.78 is 11.0. The summed E-state index contributed by atoms with van der Waals surface area (Å²) in [5.74, 6) is 1.50. The zero-order valence-corrected chi connectivity index (χ0v) is 15.5. The second-order valence-electron chi connectivity index (χ2n) is 6.33. The van der Waals surface area contributed by atoms with Gasteiger partial charge in [-0.3, -0.25) is 4.79 Å². The lowest BCUT2D eigenvalue weighted by atomic mass is 10.1. The van der Waals surface area contributed by atoms with Crippen LogP contribution in [0.1, 0.15) is 30.0 Å². The van der Waals surface area contributed by atoms with Crippen LogP contribution in [0.4, 0.5) is 0 Å². The van der Waals surface area contributed by atoms with Crippen LogP contribution < -0.4 is 14.8 Å². The van der Waals surface area contributed by atoms with Gasteiger partial charge in [-0.25, -0.2) is 0 Å². The molecule has 0 aliphatic rings. The lowest BCUT2D eigenvalue weighted by Crippen LogP contribution is -2.37. The Balaban J connectivity index is 1.75. The molecule has 0 radical (unpaired) electrons. The Labute approximate surface area is 150 Å². The number of carbonyl (C=O) groups is 1. The Hall–Kier alpha value is -2.49. The van der Waals surface area contributed by atoms with Crippen LogP contribution in [0.15, 0.2) is 42.5 Å². The molecule has 2 aromatic carbocycles. The molecule has 1 amide bonds. The molecule has 0 aliphatic heterocycles. The van der Waals surface area contributed by atoms with Crippen molar-refractivity contribution in [1.29, 1.82) is 0 Å². The first-order chi connectivity index (χ1) is 12.0. The van der Waals surface area contributed by atoms with E-state index in [1.54, 1.807) is 14.0 Å². The first-order valence-corrected chi connectivity index (χ1v) is 8.63. The Bertz CT molecular complexity index is 692. The molecule has 4 heteroatoms. The quantitative estimate of drug-likeness (QED) is 0.742. The van der Waals surface area contributed by atoms with E-state index in [1.165, 1.54) is 5.56 Å². The molecule has 0 aliphatic carbocycles. The van der Waals surface area contributed by atoms with Crippen molar-refractivity contribution in [1.82, 2.24) is 5.32 Å². The number of benzene rings is 2. The highest BCUT2D eigenvalue weighted by atomic mass is 16.5. The number of amides is 1. The van der Waals surface area contributed by atoms with Gasteiger partial charge in [0.1, 0.15) is 11.5 Å². The van der Waals surface area contributed by atoms with Gasteiger partial charge >= 0.3 is 0 Å². The Kier molecular flexibility index (Phi) is 6.87. The molecule has 4 nitrogen and oxygen atoms in total. The van der Waals surface area contributed by atoms with Gasteiger partial charge in [-0.1, -0.05) is 18.2 Å².